The highest BCUT2D eigenvalue weighted by atomic mass is 35.5. The van der Waals surface area contributed by atoms with Crippen LogP contribution in [0.5, 0.6) is 0 Å². The van der Waals surface area contributed by atoms with Gasteiger partial charge in [-0.2, -0.15) is 0 Å². The number of aryl methyl sites for hydroxylation is 1. The van der Waals surface area contributed by atoms with Gasteiger partial charge in [-0.05, 0) is 25.6 Å². The number of hydrogen-bond donors (Lipinski definition) is 2. The molecule has 0 spiro atoms. The second kappa shape index (κ2) is 7.56. The van der Waals surface area contributed by atoms with Crippen LogP contribution in [-0.4, -0.2) is 38.7 Å². The fourth-order valence-electron chi connectivity index (χ4n) is 1.57. The lowest BCUT2D eigenvalue weighted by Crippen LogP contribution is -2.33. The first-order valence-electron chi connectivity index (χ1n) is 6.24. The lowest BCUT2D eigenvalue weighted by Gasteiger charge is -2.07. The van der Waals surface area contributed by atoms with Gasteiger partial charge < -0.3 is 5.32 Å². The monoisotopic (exact) mass is 319 g/mol. The summed E-state index contributed by atoms with van der Waals surface area (Å²) < 4.78 is 24.6. The minimum Gasteiger partial charge on any atom is -0.351 e. The number of sulfonamides is 1. The second-order valence-corrected chi connectivity index (χ2v) is 6.63. The Bertz CT molecular complexity index is 575. The van der Waals surface area contributed by atoms with E-state index in [9.17, 15) is 13.2 Å². The summed E-state index contributed by atoms with van der Waals surface area (Å²) in [5, 5.41) is 2.80. The molecule has 1 rings (SSSR count). The van der Waals surface area contributed by atoms with Crippen molar-refractivity contribution in [2.75, 3.05) is 19.3 Å². The fraction of sp³-hybridized carbons (Fsp3) is 0.500. The summed E-state index contributed by atoms with van der Waals surface area (Å²) >= 11 is 5.86. The molecule has 0 atom stereocenters. The lowest BCUT2D eigenvalue weighted by atomic mass is 10.1. The molecular weight excluding hydrogens is 302 g/mol. The molecule has 2 N–H and O–H groups in total. The first-order valence-corrected chi connectivity index (χ1v) is 8.27. The van der Waals surface area contributed by atoms with Crippen LogP contribution in [0.4, 0.5) is 0 Å². The second-order valence-electron chi connectivity index (χ2n) is 4.20. The van der Waals surface area contributed by atoms with Crippen LogP contribution in [0.15, 0.2) is 12.1 Å². The molecule has 0 aliphatic rings. The number of amides is 1. The maximum Gasteiger partial charge on any atom is 0.251 e. The van der Waals surface area contributed by atoms with E-state index in [1.807, 2.05) is 6.92 Å². The molecule has 1 amide bonds. The molecule has 0 radical (unpaired) electrons. The van der Waals surface area contributed by atoms with E-state index in [0.29, 0.717) is 5.56 Å². The normalized spacial score (nSPS) is 11.3. The highest BCUT2D eigenvalue weighted by Gasteiger charge is 2.11. The molecule has 0 aromatic carbocycles. The van der Waals surface area contributed by atoms with Crippen LogP contribution >= 0.6 is 11.6 Å². The average molecular weight is 320 g/mol. The van der Waals surface area contributed by atoms with E-state index >= 15 is 0 Å². The summed E-state index contributed by atoms with van der Waals surface area (Å²) in [5.74, 6) is -0.534. The van der Waals surface area contributed by atoms with Gasteiger partial charge in [-0.1, -0.05) is 24.9 Å². The van der Waals surface area contributed by atoms with Crippen LogP contribution in [-0.2, 0) is 16.4 Å². The zero-order chi connectivity index (χ0) is 15.2. The van der Waals surface area contributed by atoms with E-state index in [4.69, 9.17) is 11.6 Å². The number of rotatable bonds is 7. The molecule has 1 aromatic heterocycles. The lowest BCUT2D eigenvalue weighted by molar-refractivity contribution is 0.0956. The Hall–Kier alpha value is -1.18. The van der Waals surface area contributed by atoms with E-state index in [2.05, 4.69) is 15.0 Å². The molecular formula is C12H18ClN3O3S. The third-order valence-corrected chi connectivity index (χ3v) is 4.14. The minimum absolute atomic E-state index is 0.0328. The van der Waals surface area contributed by atoms with Crippen LogP contribution in [0, 0.1) is 0 Å². The predicted molar refractivity (Wildman–Crippen MR) is 78.4 cm³/mol. The third-order valence-electron chi connectivity index (χ3n) is 2.58. The van der Waals surface area contributed by atoms with E-state index in [-0.39, 0.29) is 23.4 Å². The molecule has 1 heterocycles. The molecule has 6 nitrogen and oxygen atoms in total. The smallest absolute Gasteiger partial charge is 0.251 e. The Morgan fingerprint density at radius 1 is 1.40 bits per heavy atom. The van der Waals surface area contributed by atoms with E-state index in [1.165, 1.54) is 13.1 Å². The van der Waals surface area contributed by atoms with E-state index < -0.39 is 10.0 Å². The van der Waals surface area contributed by atoms with Crippen molar-refractivity contribution < 1.29 is 13.2 Å². The van der Waals surface area contributed by atoms with Gasteiger partial charge in [-0.25, -0.2) is 18.1 Å². The number of hydrogen-bond acceptors (Lipinski definition) is 4. The molecule has 112 valence electrons. The van der Waals surface area contributed by atoms with Gasteiger partial charge in [-0.3, -0.25) is 4.79 Å². The number of nitrogens with one attached hydrogen (secondary N) is 2. The predicted octanol–water partition coefficient (Wildman–Crippen LogP) is 0.967. The van der Waals surface area contributed by atoms with Gasteiger partial charge in [0, 0.05) is 17.8 Å². The fourth-order valence-corrected chi connectivity index (χ4v) is 2.37. The molecule has 0 unspecified atom stereocenters. The zero-order valence-electron chi connectivity index (χ0n) is 11.4. The molecule has 0 saturated carbocycles. The number of pyridine rings is 1. The largest absolute Gasteiger partial charge is 0.351 e. The summed E-state index contributed by atoms with van der Waals surface area (Å²) in [6, 6.07) is 3.12. The Balaban J connectivity index is 2.68. The molecule has 8 heteroatoms. The summed E-state index contributed by atoms with van der Waals surface area (Å²) in [6.45, 7) is 2.04. The van der Waals surface area contributed by atoms with Crippen molar-refractivity contribution in [1.29, 1.82) is 0 Å². The number of carbonyl (C=O) groups excluding carboxylic acids is 1. The first-order chi connectivity index (χ1) is 9.38. The van der Waals surface area contributed by atoms with Crippen LogP contribution < -0.4 is 10.0 Å². The Kier molecular flexibility index (Phi) is 6.38. The van der Waals surface area contributed by atoms with Crippen molar-refractivity contribution in [3.05, 3.63) is 28.5 Å². The van der Waals surface area contributed by atoms with Crippen molar-refractivity contribution in [3.63, 3.8) is 0 Å². The van der Waals surface area contributed by atoms with Gasteiger partial charge in [-0.15, -0.1) is 0 Å². The van der Waals surface area contributed by atoms with Crippen molar-refractivity contribution in [1.82, 2.24) is 15.0 Å². The quantitative estimate of drug-likeness (QED) is 0.733. The van der Waals surface area contributed by atoms with Gasteiger partial charge >= 0.3 is 0 Å². The van der Waals surface area contributed by atoms with Gasteiger partial charge in [0.15, 0.2) is 0 Å². The highest BCUT2D eigenvalue weighted by molar-refractivity contribution is 7.89. The van der Waals surface area contributed by atoms with Gasteiger partial charge in [0.2, 0.25) is 10.0 Å². The SMILES string of the molecule is CCCc1cc(C(=O)NCCS(=O)(=O)NC)cc(Cl)n1. The summed E-state index contributed by atoms with van der Waals surface area (Å²) in [7, 11) is -2.00. The van der Waals surface area contributed by atoms with Crippen molar-refractivity contribution in [2.24, 2.45) is 0 Å². The summed E-state index contributed by atoms with van der Waals surface area (Å²) in [6.07, 6.45) is 1.63. The van der Waals surface area contributed by atoms with Crippen molar-refractivity contribution in [3.8, 4) is 0 Å². The van der Waals surface area contributed by atoms with Crippen LogP contribution in [0.2, 0.25) is 5.15 Å². The molecule has 20 heavy (non-hydrogen) atoms. The summed E-state index contributed by atoms with van der Waals surface area (Å²) in [5.41, 5.74) is 1.13. The maximum atomic E-state index is 11.9. The zero-order valence-corrected chi connectivity index (χ0v) is 13.0. The Morgan fingerprint density at radius 3 is 2.70 bits per heavy atom. The van der Waals surface area contributed by atoms with E-state index in [1.54, 1.807) is 6.07 Å². The Morgan fingerprint density at radius 2 is 2.10 bits per heavy atom. The number of aromatic nitrogens is 1. The molecule has 1 aromatic rings. The minimum atomic E-state index is -3.33. The standard InChI is InChI=1S/C12H18ClN3O3S/c1-3-4-10-7-9(8-11(13)16-10)12(17)15-5-6-20(18,19)14-2/h7-8,14H,3-6H2,1-2H3,(H,15,17). The number of nitrogens with zero attached hydrogens (tertiary/aromatic N) is 1. The molecule has 0 fully saturated rings. The highest BCUT2D eigenvalue weighted by Crippen LogP contribution is 2.12. The topological polar surface area (TPSA) is 88.2 Å². The molecule has 0 saturated heterocycles. The van der Waals surface area contributed by atoms with Crippen LogP contribution in [0.3, 0.4) is 0 Å². The average Bonchev–Trinajstić information content (AvgIpc) is 2.38. The number of halogens is 1. The van der Waals surface area contributed by atoms with Crippen LogP contribution in [0.25, 0.3) is 0 Å². The van der Waals surface area contributed by atoms with Crippen molar-refractivity contribution >= 4 is 27.5 Å². The van der Waals surface area contributed by atoms with Gasteiger partial charge in [0.05, 0.1) is 5.75 Å². The summed E-state index contributed by atoms with van der Waals surface area (Å²) in [4.78, 5) is 16.0. The van der Waals surface area contributed by atoms with Gasteiger partial charge in [0.1, 0.15) is 5.15 Å². The number of carbonyl (C=O) groups is 1. The Labute approximate surface area is 124 Å². The van der Waals surface area contributed by atoms with Crippen molar-refractivity contribution in [2.45, 2.75) is 19.8 Å². The van der Waals surface area contributed by atoms with Gasteiger partial charge in [0.25, 0.3) is 5.91 Å². The third kappa shape index (κ3) is 5.44. The maximum absolute atomic E-state index is 11.9. The van der Waals surface area contributed by atoms with E-state index in [0.717, 1.165) is 18.5 Å². The molecule has 0 bridgehead atoms. The first kappa shape index (κ1) is 16.9. The molecule has 0 aliphatic heterocycles. The van der Waals surface area contributed by atoms with Crippen LogP contribution in [0.1, 0.15) is 29.4 Å². The molecule has 0 aliphatic carbocycles.